The number of pyridine rings is 1. The van der Waals surface area contributed by atoms with Gasteiger partial charge < -0.3 is 9.80 Å². The second kappa shape index (κ2) is 9.99. The Hall–Kier alpha value is -2.73. The normalized spacial score (nSPS) is 14.7. The van der Waals surface area contributed by atoms with Gasteiger partial charge in [0, 0.05) is 71.6 Å². The molecule has 1 fully saturated rings. The highest BCUT2D eigenvalue weighted by molar-refractivity contribution is 5.78. The first kappa shape index (κ1) is 20.0. The van der Waals surface area contributed by atoms with Gasteiger partial charge in [-0.05, 0) is 17.2 Å². The Bertz CT molecular complexity index is 759. The van der Waals surface area contributed by atoms with Gasteiger partial charge in [0.25, 0.3) is 0 Å². The molecule has 148 valence electrons. The summed E-state index contributed by atoms with van der Waals surface area (Å²) in [5.41, 5.74) is 2.27. The summed E-state index contributed by atoms with van der Waals surface area (Å²) in [7, 11) is 0. The molecule has 1 aliphatic heterocycles. The van der Waals surface area contributed by atoms with E-state index < -0.39 is 0 Å². The fourth-order valence-electron chi connectivity index (χ4n) is 3.45. The summed E-state index contributed by atoms with van der Waals surface area (Å²) >= 11 is 0. The number of rotatable bonds is 7. The molecule has 1 aromatic carbocycles. The largest absolute Gasteiger partial charge is 0.340 e. The van der Waals surface area contributed by atoms with E-state index in [-0.39, 0.29) is 11.8 Å². The van der Waals surface area contributed by atoms with Crippen LogP contribution in [0.1, 0.15) is 24.5 Å². The predicted octanol–water partition coefficient (Wildman–Crippen LogP) is 2.16. The molecule has 6 nitrogen and oxygen atoms in total. The zero-order valence-corrected chi connectivity index (χ0v) is 16.5. The Morgan fingerprint density at radius 2 is 1.71 bits per heavy atom. The monoisotopic (exact) mass is 380 g/mol. The molecule has 28 heavy (non-hydrogen) atoms. The number of piperazine rings is 1. The number of carbonyl (C=O) groups is 2. The van der Waals surface area contributed by atoms with Gasteiger partial charge in [0.05, 0.1) is 0 Å². The van der Waals surface area contributed by atoms with E-state index in [2.05, 4.69) is 34.1 Å². The topological polar surface area (TPSA) is 56.8 Å². The molecule has 1 aliphatic rings. The number of nitrogens with zero attached hydrogens (tertiary/aromatic N) is 4. The second-order valence-corrected chi connectivity index (χ2v) is 7.19. The smallest absolute Gasteiger partial charge is 0.224 e. The minimum Gasteiger partial charge on any atom is -0.340 e. The van der Waals surface area contributed by atoms with E-state index in [1.807, 2.05) is 23.1 Å². The number of carbonyl (C=O) groups excluding carboxylic acids is 2. The van der Waals surface area contributed by atoms with Gasteiger partial charge in [0.1, 0.15) is 0 Å². The fraction of sp³-hybridized carbons (Fsp3) is 0.409. The van der Waals surface area contributed by atoms with Crippen LogP contribution >= 0.6 is 0 Å². The first-order valence-corrected chi connectivity index (χ1v) is 9.80. The third-order valence-electron chi connectivity index (χ3n) is 5.11. The molecule has 0 bridgehead atoms. The van der Waals surface area contributed by atoms with Crippen LogP contribution in [-0.2, 0) is 22.7 Å². The Balaban J connectivity index is 1.43. The predicted molar refractivity (Wildman–Crippen MR) is 108 cm³/mol. The van der Waals surface area contributed by atoms with Gasteiger partial charge in [-0.15, -0.1) is 0 Å². The molecule has 2 heterocycles. The Morgan fingerprint density at radius 1 is 1.00 bits per heavy atom. The highest BCUT2D eigenvalue weighted by atomic mass is 16.2. The van der Waals surface area contributed by atoms with Gasteiger partial charge in [0.15, 0.2) is 0 Å². The zero-order chi connectivity index (χ0) is 19.8. The Labute approximate surface area is 166 Å². The van der Waals surface area contributed by atoms with E-state index in [1.165, 1.54) is 5.56 Å². The van der Waals surface area contributed by atoms with Crippen molar-refractivity contribution in [3.05, 3.63) is 66.0 Å². The summed E-state index contributed by atoms with van der Waals surface area (Å²) in [4.78, 5) is 34.6. The molecule has 0 spiro atoms. The lowest BCUT2D eigenvalue weighted by Gasteiger charge is -2.35. The van der Waals surface area contributed by atoms with Gasteiger partial charge in [-0.25, -0.2) is 0 Å². The van der Waals surface area contributed by atoms with E-state index in [1.54, 1.807) is 24.2 Å². The van der Waals surface area contributed by atoms with Crippen LogP contribution in [-0.4, -0.2) is 64.2 Å². The molecule has 2 amide bonds. The lowest BCUT2D eigenvalue weighted by atomic mass is 10.2. The van der Waals surface area contributed by atoms with Crippen LogP contribution in [0.2, 0.25) is 0 Å². The average Bonchev–Trinajstić information content (AvgIpc) is 2.73. The molecule has 0 saturated carbocycles. The number of amides is 2. The van der Waals surface area contributed by atoms with E-state index in [0.717, 1.165) is 38.3 Å². The third-order valence-corrected chi connectivity index (χ3v) is 5.11. The molecule has 3 rings (SSSR count). The van der Waals surface area contributed by atoms with E-state index in [9.17, 15) is 9.59 Å². The van der Waals surface area contributed by atoms with Crippen molar-refractivity contribution in [3.63, 3.8) is 0 Å². The summed E-state index contributed by atoms with van der Waals surface area (Å²) < 4.78 is 0. The lowest BCUT2D eigenvalue weighted by Crippen LogP contribution is -2.48. The van der Waals surface area contributed by atoms with Gasteiger partial charge in [-0.2, -0.15) is 0 Å². The quantitative estimate of drug-likeness (QED) is 0.739. The Kier molecular flexibility index (Phi) is 7.14. The number of hydrogen-bond donors (Lipinski definition) is 0. The van der Waals surface area contributed by atoms with Crippen molar-refractivity contribution in [2.24, 2.45) is 0 Å². The molecule has 2 aromatic rings. The van der Waals surface area contributed by atoms with Crippen LogP contribution in [0.15, 0.2) is 54.9 Å². The molecular formula is C22H28N4O2. The third kappa shape index (κ3) is 5.89. The van der Waals surface area contributed by atoms with E-state index in [0.29, 0.717) is 19.5 Å². The molecule has 0 atom stereocenters. The lowest BCUT2D eigenvalue weighted by molar-refractivity contribution is -0.135. The standard InChI is InChI=1S/C22H28N4O2/c1-19(27)26(18-21-8-5-10-23-16-21)11-9-22(28)25-14-12-24(13-15-25)17-20-6-3-2-4-7-20/h2-8,10,16H,9,11-15,17-18H2,1H3. The van der Waals surface area contributed by atoms with Gasteiger partial charge in [-0.3, -0.25) is 19.5 Å². The summed E-state index contributed by atoms with van der Waals surface area (Å²) in [5, 5.41) is 0. The number of hydrogen-bond acceptors (Lipinski definition) is 4. The Morgan fingerprint density at radius 3 is 2.36 bits per heavy atom. The molecule has 0 radical (unpaired) electrons. The molecule has 1 saturated heterocycles. The maximum absolute atomic E-state index is 12.6. The number of benzene rings is 1. The van der Waals surface area contributed by atoms with Gasteiger partial charge >= 0.3 is 0 Å². The van der Waals surface area contributed by atoms with Crippen LogP contribution < -0.4 is 0 Å². The summed E-state index contributed by atoms with van der Waals surface area (Å²) in [5.74, 6) is 0.0983. The summed E-state index contributed by atoms with van der Waals surface area (Å²) in [6, 6.07) is 14.2. The van der Waals surface area contributed by atoms with Crippen molar-refractivity contribution in [2.45, 2.75) is 26.4 Å². The molecule has 0 unspecified atom stereocenters. The highest BCUT2D eigenvalue weighted by Crippen LogP contribution is 2.10. The summed E-state index contributed by atoms with van der Waals surface area (Å²) in [6.07, 6.45) is 3.82. The van der Waals surface area contributed by atoms with E-state index >= 15 is 0 Å². The van der Waals surface area contributed by atoms with Crippen molar-refractivity contribution in [2.75, 3.05) is 32.7 Å². The first-order chi connectivity index (χ1) is 13.6. The van der Waals surface area contributed by atoms with Crippen molar-refractivity contribution in [1.82, 2.24) is 19.7 Å². The van der Waals surface area contributed by atoms with Crippen molar-refractivity contribution < 1.29 is 9.59 Å². The van der Waals surface area contributed by atoms with E-state index in [4.69, 9.17) is 0 Å². The zero-order valence-electron chi connectivity index (χ0n) is 16.5. The van der Waals surface area contributed by atoms with Crippen LogP contribution in [0.5, 0.6) is 0 Å². The minimum atomic E-state index is -0.0238. The SMILES string of the molecule is CC(=O)N(CCC(=O)N1CCN(Cc2ccccc2)CC1)Cc1cccnc1. The molecule has 1 aromatic heterocycles. The minimum absolute atomic E-state index is 0.0238. The van der Waals surface area contributed by atoms with Crippen LogP contribution in [0.4, 0.5) is 0 Å². The molecule has 6 heteroatoms. The maximum atomic E-state index is 12.6. The fourth-order valence-corrected chi connectivity index (χ4v) is 3.45. The van der Waals surface area contributed by atoms with Crippen molar-refractivity contribution in [1.29, 1.82) is 0 Å². The summed E-state index contributed by atoms with van der Waals surface area (Å²) in [6.45, 7) is 6.64. The number of aromatic nitrogens is 1. The van der Waals surface area contributed by atoms with Crippen LogP contribution in [0, 0.1) is 0 Å². The van der Waals surface area contributed by atoms with Gasteiger partial charge in [-0.1, -0.05) is 36.4 Å². The molecule has 0 N–H and O–H groups in total. The average molecular weight is 380 g/mol. The van der Waals surface area contributed by atoms with Crippen LogP contribution in [0.25, 0.3) is 0 Å². The van der Waals surface area contributed by atoms with Crippen LogP contribution in [0.3, 0.4) is 0 Å². The molecular weight excluding hydrogens is 352 g/mol. The van der Waals surface area contributed by atoms with Crippen molar-refractivity contribution >= 4 is 11.8 Å². The highest BCUT2D eigenvalue weighted by Gasteiger charge is 2.22. The second-order valence-electron chi connectivity index (χ2n) is 7.19. The van der Waals surface area contributed by atoms with Gasteiger partial charge in [0.2, 0.25) is 11.8 Å². The first-order valence-electron chi connectivity index (χ1n) is 9.80. The van der Waals surface area contributed by atoms with Crippen molar-refractivity contribution in [3.8, 4) is 0 Å². The maximum Gasteiger partial charge on any atom is 0.224 e. The molecule has 0 aliphatic carbocycles.